The van der Waals surface area contributed by atoms with Gasteiger partial charge in [0.25, 0.3) is 0 Å². The van der Waals surface area contributed by atoms with Gasteiger partial charge < -0.3 is 13.9 Å². The maximum atomic E-state index is 5.88. The summed E-state index contributed by atoms with van der Waals surface area (Å²) in [4.78, 5) is 18.2. The molecule has 1 aliphatic heterocycles. The Balaban J connectivity index is 1.69. The Morgan fingerprint density at radius 1 is 0.943 bits per heavy atom. The number of nitrogens with one attached hydrogen (secondary N) is 1. The van der Waals surface area contributed by atoms with Crippen molar-refractivity contribution in [2.75, 3.05) is 10.0 Å². The van der Waals surface area contributed by atoms with Crippen molar-refractivity contribution in [3.63, 3.8) is 0 Å². The molecule has 0 aromatic carbocycles. The van der Waals surface area contributed by atoms with E-state index in [1.165, 1.54) is 29.1 Å². The van der Waals surface area contributed by atoms with Crippen LogP contribution >= 0.6 is 34.2 Å². The van der Waals surface area contributed by atoms with Gasteiger partial charge in [0.2, 0.25) is 5.95 Å². The molecule has 0 radical (unpaired) electrons. The Bertz CT molecular complexity index is 1510. The molecule has 13 heteroatoms. The van der Waals surface area contributed by atoms with E-state index in [9.17, 15) is 0 Å². The minimum Gasteiger partial charge on any atom is -0.431 e. The van der Waals surface area contributed by atoms with E-state index in [4.69, 9.17) is 18.3 Å². The number of oxazole rings is 1. The molecule has 7 heterocycles. The minimum atomic E-state index is -0.966. The number of H-pyrrole nitrogens is 1. The monoisotopic (exact) mass is 518 g/mol. The molecule has 6 aromatic heterocycles. The topological polar surface area (TPSA) is 113 Å². The molecule has 1 aliphatic rings. The molecule has 7 rings (SSSR count). The molecule has 172 valence electrons. The molecule has 1 atom stereocenters. The number of thiazole rings is 1. The second kappa shape index (κ2) is 8.01. The number of imidazole rings is 1. The van der Waals surface area contributed by atoms with Crippen molar-refractivity contribution < 1.29 is 8.94 Å². The lowest BCUT2D eigenvalue weighted by Crippen LogP contribution is -2.52. The molecule has 0 bridgehead atoms. The summed E-state index contributed by atoms with van der Waals surface area (Å²) in [5.41, 5.74) is 2.01. The molecule has 1 N–H and O–H groups in total. The summed E-state index contributed by atoms with van der Waals surface area (Å²) in [5.74, 6) is 0.567. The highest BCUT2D eigenvalue weighted by molar-refractivity contribution is 7.11. The van der Waals surface area contributed by atoms with E-state index in [2.05, 4.69) is 26.2 Å². The lowest BCUT2D eigenvalue weighted by molar-refractivity contribution is 0.417. The van der Waals surface area contributed by atoms with Crippen molar-refractivity contribution in [2.45, 2.75) is 5.54 Å². The van der Waals surface area contributed by atoms with E-state index in [1.54, 1.807) is 42.4 Å². The van der Waals surface area contributed by atoms with Gasteiger partial charge in [-0.05, 0) is 29.0 Å². The highest BCUT2D eigenvalue weighted by Gasteiger charge is 2.60. The number of hydrazine groups is 1. The zero-order chi connectivity index (χ0) is 23.2. The van der Waals surface area contributed by atoms with Crippen molar-refractivity contribution in [1.29, 1.82) is 0 Å². The Morgan fingerprint density at radius 3 is 2.60 bits per heavy atom. The second-order valence-electron chi connectivity index (χ2n) is 7.37. The molecule has 6 aromatic rings. The van der Waals surface area contributed by atoms with Gasteiger partial charge in [0, 0.05) is 40.3 Å². The van der Waals surface area contributed by atoms with E-state index in [-0.39, 0.29) is 0 Å². The first-order chi connectivity index (χ1) is 17.4. The molecule has 1 unspecified atom stereocenters. The van der Waals surface area contributed by atoms with Gasteiger partial charge in [0.1, 0.15) is 28.9 Å². The van der Waals surface area contributed by atoms with Gasteiger partial charge in [0.05, 0.1) is 17.5 Å². The van der Waals surface area contributed by atoms with Gasteiger partial charge in [-0.15, -0.1) is 22.7 Å². The number of thiophene rings is 1. The van der Waals surface area contributed by atoms with Crippen LogP contribution in [0.1, 0.15) is 21.3 Å². The van der Waals surface area contributed by atoms with Crippen LogP contribution in [0.3, 0.4) is 0 Å². The summed E-state index contributed by atoms with van der Waals surface area (Å²) in [6, 6.07) is 8.28. The molecule has 0 spiro atoms. The quantitative estimate of drug-likeness (QED) is 0.321. The van der Waals surface area contributed by atoms with Crippen LogP contribution in [-0.4, -0.2) is 29.5 Å². The highest BCUT2D eigenvalue weighted by atomic mass is 32.1. The molecule has 35 heavy (non-hydrogen) atoms. The smallest absolute Gasteiger partial charge is 0.321 e. The van der Waals surface area contributed by atoms with E-state index in [0.717, 1.165) is 21.2 Å². The number of hydrogen-bond acceptors (Lipinski definition) is 12. The van der Waals surface area contributed by atoms with Crippen LogP contribution in [0.15, 0.2) is 86.7 Å². The third-order valence-electron chi connectivity index (χ3n) is 5.63. The fourth-order valence-corrected chi connectivity index (χ4v) is 6.63. The second-order valence-corrected chi connectivity index (χ2v) is 9.88. The number of nitrogens with zero attached hydrogens (tertiary/aromatic N) is 7. The van der Waals surface area contributed by atoms with Crippen LogP contribution in [-0.2, 0) is 5.54 Å². The predicted molar refractivity (Wildman–Crippen MR) is 133 cm³/mol. The normalized spacial score (nSPS) is 18.2. The summed E-state index contributed by atoms with van der Waals surface area (Å²) in [6.45, 7) is 0. The Kier molecular flexibility index (Phi) is 4.65. The van der Waals surface area contributed by atoms with E-state index in [1.807, 2.05) is 44.4 Å². The van der Waals surface area contributed by atoms with Gasteiger partial charge in [0.15, 0.2) is 5.54 Å². The van der Waals surface area contributed by atoms with Crippen molar-refractivity contribution in [3.05, 3.63) is 99.0 Å². The van der Waals surface area contributed by atoms with Crippen LogP contribution in [0.2, 0.25) is 0 Å². The van der Waals surface area contributed by atoms with Crippen LogP contribution in [0.5, 0.6) is 0 Å². The summed E-state index contributed by atoms with van der Waals surface area (Å²) >= 11 is 4.54. The average Bonchev–Trinajstić information content (AvgIpc) is 3.71. The molecule has 0 amide bonds. The fourth-order valence-electron chi connectivity index (χ4n) is 4.41. The maximum absolute atomic E-state index is 5.88. The maximum Gasteiger partial charge on any atom is 0.321 e. The van der Waals surface area contributed by atoms with E-state index in [0.29, 0.717) is 23.4 Å². The van der Waals surface area contributed by atoms with Crippen LogP contribution in [0.4, 0.5) is 12.0 Å². The first-order valence-corrected chi connectivity index (χ1v) is 13.0. The average molecular weight is 519 g/mol. The molecular weight excluding hydrogens is 504 g/mol. The Morgan fingerprint density at radius 2 is 1.94 bits per heavy atom. The van der Waals surface area contributed by atoms with Crippen LogP contribution < -0.4 is 10.0 Å². The first kappa shape index (κ1) is 20.3. The first-order valence-electron chi connectivity index (χ1n) is 10.4. The molecule has 10 nitrogen and oxygen atoms in total. The highest BCUT2D eigenvalue weighted by Crippen LogP contribution is 2.58. The van der Waals surface area contributed by atoms with Crippen molar-refractivity contribution in [3.8, 4) is 0 Å². The van der Waals surface area contributed by atoms with Crippen molar-refractivity contribution in [2.24, 2.45) is 0 Å². The standard InChI is InChI=1S/C22H14N8O2S3/c1-2-16(33-11-1)22(15-4-12-35-28-15)17(19-23-8-13-34-19)18(14-3-9-32-27-14)29(21-26-7-10-31-21)30(22)20-24-5-6-25-20/h1-13H,(H,24,25). The number of hydrogen-bond donors (Lipinski definition) is 1. The van der Waals surface area contributed by atoms with Gasteiger partial charge in [-0.2, -0.15) is 9.38 Å². The van der Waals surface area contributed by atoms with Gasteiger partial charge in [-0.1, -0.05) is 11.2 Å². The Labute approximate surface area is 210 Å². The zero-order valence-corrected chi connectivity index (χ0v) is 20.1. The van der Waals surface area contributed by atoms with Crippen molar-refractivity contribution in [1.82, 2.24) is 29.5 Å². The van der Waals surface area contributed by atoms with E-state index < -0.39 is 5.54 Å². The number of aromatic nitrogens is 6. The number of anilines is 2. The fraction of sp³-hybridized carbons (Fsp3) is 0.0455. The molecule has 0 aliphatic carbocycles. The van der Waals surface area contributed by atoms with Crippen LogP contribution in [0.25, 0.3) is 11.3 Å². The van der Waals surface area contributed by atoms with Gasteiger partial charge in [-0.25, -0.2) is 20.0 Å². The lowest BCUT2D eigenvalue weighted by atomic mass is 9.83. The Hall–Kier alpha value is -4.07. The molecule has 0 saturated carbocycles. The van der Waals surface area contributed by atoms with Crippen molar-refractivity contribution >= 4 is 57.4 Å². The summed E-state index contributed by atoms with van der Waals surface area (Å²) in [5, 5.41) is 15.0. The van der Waals surface area contributed by atoms with E-state index >= 15 is 0 Å². The lowest BCUT2D eigenvalue weighted by Gasteiger charge is -2.40. The third kappa shape index (κ3) is 2.89. The number of aromatic amines is 1. The SMILES string of the molecule is c1csc(C2(c3ccsn3)C(c3nccs3)=C(c3ccon3)N(c3ncco3)N2c2ncc[nH]2)c1. The van der Waals surface area contributed by atoms with Gasteiger partial charge in [-0.3, -0.25) is 0 Å². The number of rotatable bonds is 6. The van der Waals surface area contributed by atoms with Crippen LogP contribution in [0, 0.1) is 0 Å². The largest absolute Gasteiger partial charge is 0.431 e. The summed E-state index contributed by atoms with van der Waals surface area (Å²) < 4.78 is 16.0. The summed E-state index contributed by atoms with van der Waals surface area (Å²) in [7, 11) is 0. The van der Waals surface area contributed by atoms with Gasteiger partial charge >= 0.3 is 6.01 Å². The summed E-state index contributed by atoms with van der Waals surface area (Å²) in [6.07, 6.45) is 9.96. The zero-order valence-electron chi connectivity index (χ0n) is 17.7. The minimum absolute atomic E-state index is 0.335. The predicted octanol–water partition coefficient (Wildman–Crippen LogP) is 5.11. The molecule has 0 fully saturated rings. The third-order valence-corrected chi connectivity index (χ3v) is 7.96. The molecule has 0 saturated heterocycles. The molecular formula is C22H14N8O2S3.